The Morgan fingerprint density at radius 1 is 1.60 bits per heavy atom. The summed E-state index contributed by atoms with van der Waals surface area (Å²) in [6.45, 7) is 1.85. The number of halogens is 1. The van der Waals surface area contributed by atoms with Crippen LogP contribution in [0.25, 0.3) is 0 Å². The first-order valence-electron chi connectivity index (χ1n) is 4.73. The minimum absolute atomic E-state index is 0.0742. The molecule has 1 aromatic rings. The lowest BCUT2D eigenvalue weighted by molar-refractivity contribution is 0.144. The van der Waals surface area contributed by atoms with E-state index in [-0.39, 0.29) is 5.56 Å². The standard InChI is InChI=1S/C11H13FN2O/c1-2-10(14)11(15)7-3-4-9(12)8(5-7)6-13/h3-5,10-11,15H,2,14H2,1H3. The predicted molar refractivity (Wildman–Crippen MR) is 54.3 cm³/mol. The zero-order chi connectivity index (χ0) is 11.4. The molecule has 2 unspecified atom stereocenters. The SMILES string of the molecule is CCC(N)C(O)c1ccc(F)c(C#N)c1. The number of hydrogen-bond donors (Lipinski definition) is 2. The molecule has 0 saturated carbocycles. The van der Waals surface area contributed by atoms with Gasteiger partial charge < -0.3 is 10.8 Å². The van der Waals surface area contributed by atoms with Crippen molar-refractivity contribution in [1.29, 1.82) is 5.26 Å². The lowest BCUT2D eigenvalue weighted by Gasteiger charge is -2.17. The second-order valence-electron chi connectivity index (χ2n) is 3.37. The van der Waals surface area contributed by atoms with Gasteiger partial charge in [-0.05, 0) is 24.1 Å². The van der Waals surface area contributed by atoms with Crippen LogP contribution >= 0.6 is 0 Å². The van der Waals surface area contributed by atoms with Crippen LogP contribution in [-0.2, 0) is 0 Å². The van der Waals surface area contributed by atoms with Crippen molar-refractivity contribution in [1.82, 2.24) is 0 Å². The Labute approximate surface area is 87.9 Å². The molecule has 0 amide bonds. The largest absolute Gasteiger partial charge is 0.387 e. The highest BCUT2D eigenvalue weighted by Gasteiger charge is 2.16. The van der Waals surface area contributed by atoms with Crippen LogP contribution in [-0.4, -0.2) is 11.1 Å². The van der Waals surface area contributed by atoms with Crippen molar-refractivity contribution in [3.63, 3.8) is 0 Å². The maximum absolute atomic E-state index is 13.0. The van der Waals surface area contributed by atoms with Crippen molar-refractivity contribution in [2.75, 3.05) is 0 Å². The number of hydrogen-bond acceptors (Lipinski definition) is 3. The summed E-state index contributed by atoms with van der Waals surface area (Å²) < 4.78 is 13.0. The average molecular weight is 208 g/mol. The van der Waals surface area contributed by atoms with Crippen LogP contribution in [0.1, 0.15) is 30.6 Å². The molecule has 0 bridgehead atoms. The summed E-state index contributed by atoms with van der Waals surface area (Å²) >= 11 is 0. The number of nitrogens with zero attached hydrogens (tertiary/aromatic N) is 1. The van der Waals surface area contributed by atoms with Crippen LogP contribution in [0.5, 0.6) is 0 Å². The summed E-state index contributed by atoms with van der Waals surface area (Å²) in [6, 6.07) is 5.26. The third-order valence-corrected chi connectivity index (χ3v) is 2.33. The van der Waals surface area contributed by atoms with E-state index >= 15 is 0 Å². The van der Waals surface area contributed by atoms with Gasteiger partial charge in [-0.15, -0.1) is 0 Å². The minimum atomic E-state index is -0.859. The average Bonchev–Trinajstić information content (AvgIpc) is 2.27. The van der Waals surface area contributed by atoms with Gasteiger partial charge in [0.25, 0.3) is 0 Å². The Hall–Kier alpha value is -1.44. The quantitative estimate of drug-likeness (QED) is 0.790. The summed E-state index contributed by atoms with van der Waals surface area (Å²) in [5.41, 5.74) is 6.05. The van der Waals surface area contributed by atoms with E-state index in [0.29, 0.717) is 12.0 Å². The maximum Gasteiger partial charge on any atom is 0.140 e. The third-order valence-electron chi connectivity index (χ3n) is 2.33. The van der Waals surface area contributed by atoms with E-state index in [1.165, 1.54) is 18.2 Å². The molecule has 3 nitrogen and oxygen atoms in total. The summed E-state index contributed by atoms with van der Waals surface area (Å²) in [4.78, 5) is 0. The Morgan fingerprint density at radius 3 is 2.80 bits per heavy atom. The normalized spacial score (nSPS) is 14.3. The molecular formula is C11H13FN2O. The first-order chi connectivity index (χ1) is 7.10. The van der Waals surface area contributed by atoms with Gasteiger partial charge in [-0.1, -0.05) is 13.0 Å². The van der Waals surface area contributed by atoms with E-state index in [4.69, 9.17) is 11.0 Å². The van der Waals surface area contributed by atoms with Crippen molar-refractivity contribution < 1.29 is 9.50 Å². The molecule has 1 aromatic carbocycles. The molecule has 0 radical (unpaired) electrons. The highest BCUT2D eigenvalue weighted by molar-refractivity contribution is 5.35. The zero-order valence-corrected chi connectivity index (χ0v) is 8.44. The molecule has 0 saturated heterocycles. The molecule has 4 heteroatoms. The molecule has 0 aliphatic heterocycles. The van der Waals surface area contributed by atoms with Gasteiger partial charge in [0.15, 0.2) is 0 Å². The van der Waals surface area contributed by atoms with Gasteiger partial charge in [0.05, 0.1) is 11.7 Å². The first-order valence-corrected chi connectivity index (χ1v) is 4.73. The Bertz CT molecular complexity index is 387. The van der Waals surface area contributed by atoms with Crippen LogP contribution in [0, 0.1) is 17.1 Å². The van der Waals surface area contributed by atoms with Gasteiger partial charge in [-0.3, -0.25) is 0 Å². The summed E-state index contributed by atoms with van der Waals surface area (Å²) in [5, 5.41) is 18.4. The number of nitrogens with two attached hydrogens (primary N) is 1. The molecular weight excluding hydrogens is 195 g/mol. The summed E-state index contributed by atoms with van der Waals surface area (Å²) in [6.07, 6.45) is -0.247. The molecule has 0 aliphatic carbocycles. The zero-order valence-electron chi connectivity index (χ0n) is 8.44. The van der Waals surface area contributed by atoms with Crippen molar-refractivity contribution in [3.05, 3.63) is 35.1 Å². The van der Waals surface area contributed by atoms with Gasteiger partial charge in [0.2, 0.25) is 0 Å². The van der Waals surface area contributed by atoms with Crippen LogP contribution < -0.4 is 5.73 Å². The van der Waals surface area contributed by atoms with Gasteiger partial charge in [0, 0.05) is 6.04 Å². The highest BCUT2D eigenvalue weighted by atomic mass is 19.1. The molecule has 1 rings (SSSR count). The van der Waals surface area contributed by atoms with E-state index in [1.54, 1.807) is 6.07 Å². The van der Waals surface area contributed by atoms with Gasteiger partial charge in [-0.2, -0.15) is 5.26 Å². The second-order valence-corrected chi connectivity index (χ2v) is 3.37. The third kappa shape index (κ3) is 2.52. The van der Waals surface area contributed by atoms with E-state index < -0.39 is 18.0 Å². The fourth-order valence-electron chi connectivity index (χ4n) is 1.28. The van der Waals surface area contributed by atoms with Crippen LogP contribution in [0.15, 0.2) is 18.2 Å². The Balaban J connectivity index is 3.02. The fraction of sp³-hybridized carbons (Fsp3) is 0.364. The highest BCUT2D eigenvalue weighted by Crippen LogP contribution is 2.19. The Kier molecular flexibility index (Phi) is 3.78. The molecule has 0 spiro atoms. The van der Waals surface area contributed by atoms with Crippen LogP contribution in [0.2, 0.25) is 0 Å². The van der Waals surface area contributed by atoms with Crippen LogP contribution in [0.3, 0.4) is 0 Å². The molecule has 15 heavy (non-hydrogen) atoms. The number of aliphatic hydroxyl groups excluding tert-OH is 1. The smallest absolute Gasteiger partial charge is 0.140 e. The number of rotatable bonds is 3. The summed E-state index contributed by atoms with van der Waals surface area (Å²) in [7, 11) is 0. The van der Waals surface area contributed by atoms with E-state index in [9.17, 15) is 9.50 Å². The molecule has 0 heterocycles. The molecule has 0 aromatic heterocycles. The number of aliphatic hydroxyl groups is 1. The maximum atomic E-state index is 13.0. The van der Waals surface area contributed by atoms with Crippen molar-refractivity contribution in [2.24, 2.45) is 5.73 Å². The molecule has 2 atom stereocenters. The van der Waals surface area contributed by atoms with Crippen molar-refractivity contribution in [2.45, 2.75) is 25.5 Å². The monoisotopic (exact) mass is 208 g/mol. The number of benzene rings is 1. The molecule has 0 aliphatic rings. The fourth-order valence-corrected chi connectivity index (χ4v) is 1.28. The minimum Gasteiger partial charge on any atom is -0.387 e. The van der Waals surface area contributed by atoms with E-state index in [0.717, 1.165) is 0 Å². The lowest BCUT2D eigenvalue weighted by atomic mass is 9.99. The lowest BCUT2D eigenvalue weighted by Crippen LogP contribution is -2.27. The van der Waals surface area contributed by atoms with Crippen molar-refractivity contribution >= 4 is 0 Å². The van der Waals surface area contributed by atoms with Gasteiger partial charge in [-0.25, -0.2) is 4.39 Å². The van der Waals surface area contributed by atoms with Crippen LogP contribution in [0.4, 0.5) is 4.39 Å². The molecule has 3 N–H and O–H groups in total. The van der Waals surface area contributed by atoms with Gasteiger partial charge in [0.1, 0.15) is 11.9 Å². The predicted octanol–water partition coefficient (Wildman–Crippen LogP) is 1.47. The first kappa shape index (κ1) is 11.6. The Morgan fingerprint density at radius 2 is 2.27 bits per heavy atom. The van der Waals surface area contributed by atoms with E-state index in [1.807, 2.05) is 6.92 Å². The topological polar surface area (TPSA) is 70.0 Å². The molecule has 80 valence electrons. The number of nitriles is 1. The molecule has 0 fully saturated rings. The summed E-state index contributed by atoms with van der Waals surface area (Å²) in [5.74, 6) is -0.585. The van der Waals surface area contributed by atoms with Gasteiger partial charge >= 0.3 is 0 Å². The van der Waals surface area contributed by atoms with E-state index in [2.05, 4.69) is 0 Å². The second kappa shape index (κ2) is 4.87. The van der Waals surface area contributed by atoms with Crippen molar-refractivity contribution in [3.8, 4) is 6.07 Å².